The van der Waals surface area contributed by atoms with Crippen molar-refractivity contribution in [2.75, 3.05) is 6.54 Å². The second-order valence-corrected chi connectivity index (χ2v) is 5.96. The van der Waals surface area contributed by atoms with Gasteiger partial charge in [-0.2, -0.15) is 0 Å². The lowest BCUT2D eigenvalue weighted by Crippen LogP contribution is -2.17. The van der Waals surface area contributed by atoms with E-state index in [4.69, 9.17) is 0 Å². The predicted octanol–water partition coefficient (Wildman–Crippen LogP) is 3.05. The van der Waals surface area contributed by atoms with Crippen molar-refractivity contribution in [2.45, 2.75) is 31.1 Å². The molecule has 88 valence electrons. The van der Waals surface area contributed by atoms with E-state index in [1.165, 1.54) is 12.8 Å². The number of nitrogens with one attached hydrogen (secondary N) is 1. The first-order valence-electron chi connectivity index (χ1n) is 5.55. The van der Waals surface area contributed by atoms with Gasteiger partial charge in [0.2, 0.25) is 0 Å². The molecule has 5 heteroatoms. The first kappa shape index (κ1) is 12.1. The lowest BCUT2D eigenvalue weighted by atomic mass is 10.2. The van der Waals surface area contributed by atoms with Gasteiger partial charge in [0, 0.05) is 29.1 Å². The maximum atomic E-state index is 4.52. The maximum Gasteiger partial charge on any atom is 0.193 e. The Bertz CT molecular complexity index is 409. The highest BCUT2D eigenvalue weighted by molar-refractivity contribution is 9.09. The first-order valence-corrected chi connectivity index (χ1v) is 7.35. The van der Waals surface area contributed by atoms with Gasteiger partial charge in [-0.05, 0) is 19.4 Å². The molecule has 3 nitrogen and oxygen atoms in total. The number of thiazole rings is 1. The number of halogens is 1. The van der Waals surface area contributed by atoms with Crippen molar-refractivity contribution < 1.29 is 0 Å². The van der Waals surface area contributed by atoms with Crippen LogP contribution in [0.25, 0.3) is 4.96 Å². The van der Waals surface area contributed by atoms with Crippen molar-refractivity contribution in [3.8, 4) is 0 Å². The molecule has 1 atom stereocenters. The molecule has 0 aliphatic rings. The molecule has 0 spiro atoms. The highest BCUT2D eigenvalue weighted by Gasteiger charge is 2.03. The zero-order valence-corrected chi connectivity index (χ0v) is 11.7. The van der Waals surface area contributed by atoms with Crippen LogP contribution in [0, 0.1) is 0 Å². The van der Waals surface area contributed by atoms with E-state index in [0.29, 0.717) is 4.83 Å². The zero-order chi connectivity index (χ0) is 11.4. The summed E-state index contributed by atoms with van der Waals surface area (Å²) >= 11 is 5.30. The quantitative estimate of drug-likeness (QED) is 0.656. The SMILES string of the molecule is CCC(Br)CCNCc1cn2ccsc2n1. The van der Waals surface area contributed by atoms with Crippen LogP contribution in [-0.4, -0.2) is 20.8 Å². The Labute approximate surface area is 108 Å². The van der Waals surface area contributed by atoms with Gasteiger partial charge in [-0.3, -0.25) is 4.40 Å². The third-order valence-corrected chi connectivity index (χ3v) is 4.40. The van der Waals surface area contributed by atoms with Gasteiger partial charge in [-0.25, -0.2) is 4.98 Å². The van der Waals surface area contributed by atoms with Gasteiger partial charge in [0.15, 0.2) is 4.96 Å². The van der Waals surface area contributed by atoms with E-state index in [2.05, 4.69) is 49.1 Å². The van der Waals surface area contributed by atoms with Gasteiger partial charge in [-0.15, -0.1) is 11.3 Å². The summed E-state index contributed by atoms with van der Waals surface area (Å²) in [7, 11) is 0. The smallest absolute Gasteiger partial charge is 0.193 e. The molecular weight excluding hydrogens is 286 g/mol. The van der Waals surface area contributed by atoms with Crippen LogP contribution >= 0.6 is 27.3 Å². The van der Waals surface area contributed by atoms with Gasteiger partial charge in [-0.1, -0.05) is 22.9 Å². The van der Waals surface area contributed by atoms with Crippen molar-refractivity contribution in [3.05, 3.63) is 23.5 Å². The maximum absolute atomic E-state index is 4.52. The number of alkyl halides is 1. The molecule has 0 aliphatic carbocycles. The fourth-order valence-corrected chi connectivity index (χ4v) is 2.49. The van der Waals surface area contributed by atoms with E-state index in [9.17, 15) is 0 Å². The van der Waals surface area contributed by atoms with E-state index in [-0.39, 0.29) is 0 Å². The Kier molecular flexibility index (Phi) is 4.37. The molecule has 2 rings (SSSR count). The molecule has 0 fully saturated rings. The number of imidazole rings is 1. The van der Waals surface area contributed by atoms with Crippen molar-refractivity contribution in [1.82, 2.24) is 14.7 Å². The van der Waals surface area contributed by atoms with Crippen molar-refractivity contribution in [2.24, 2.45) is 0 Å². The minimum Gasteiger partial charge on any atom is -0.311 e. The summed E-state index contributed by atoms with van der Waals surface area (Å²) in [5.41, 5.74) is 1.12. The third kappa shape index (κ3) is 3.06. The molecule has 0 aliphatic heterocycles. The topological polar surface area (TPSA) is 29.3 Å². The molecule has 0 amide bonds. The van der Waals surface area contributed by atoms with Crippen LogP contribution in [0.5, 0.6) is 0 Å². The summed E-state index contributed by atoms with van der Waals surface area (Å²) in [6, 6.07) is 0. The van der Waals surface area contributed by atoms with E-state index in [1.807, 2.05) is 6.20 Å². The summed E-state index contributed by atoms with van der Waals surface area (Å²) in [6.07, 6.45) is 6.48. The van der Waals surface area contributed by atoms with Crippen molar-refractivity contribution in [3.63, 3.8) is 0 Å². The number of hydrogen-bond acceptors (Lipinski definition) is 3. The molecule has 0 saturated carbocycles. The van der Waals surface area contributed by atoms with E-state index in [0.717, 1.165) is 23.7 Å². The van der Waals surface area contributed by atoms with E-state index in [1.54, 1.807) is 11.3 Å². The van der Waals surface area contributed by atoms with Gasteiger partial charge in [0.05, 0.1) is 5.69 Å². The molecule has 1 unspecified atom stereocenters. The molecule has 0 saturated heterocycles. The molecule has 0 radical (unpaired) electrons. The normalized spacial score (nSPS) is 13.4. The molecule has 2 aromatic heterocycles. The summed E-state index contributed by atoms with van der Waals surface area (Å²) in [5.74, 6) is 0. The van der Waals surface area contributed by atoms with Crippen LogP contribution in [0.1, 0.15) is 25.5 Å². The van der Waals surface area contributed by atoms with Crippen molar-refractivity contribution in [1.29, 1.82) is 0 Å². The van der Waals surface area contributed by atoms with Crippen LogP contribution in [-0.2, 0) is 6.54 Å². The molecule has 2 aromatic rings. The Hall–Kier alpha value is -0.390. The predicted molar refractivity (Wildman–Crippen MR) is 72.4 cm³/mol. The summed E-state index contributed by atoms with van der Waals surface area (Å²) in [4.78, 5) is 6.22. The average molecular weight is 302 g/mol. The first-order chi connectivity index (χ1) is 7.79. The standard InChI is InChI=1S/C11H16BrN3S/c1-2-9(12)3-4-13-7-10-8-15-5-6-16-11(15)14-10/h5-6,8-9,13H,2-4,7H2,1H3. The number of aromatic nitrogens is 2. The summed E-state index contributed by atoms with van der Waals surface area (Å²) < 4.78 is 2.07. The molecule has 16 heavy (non-hydrogen) atoms. The minimum atomic E-state index is 0.630. The lowest BCUT2D eigenvalue weighted by molar-refractivity contribution is 0.625. The molecule has 1 N–H and O–H groups in total. The monoisotopic (exact) mass is 301 g/mol. The van der Waals surface area contributed by atoms with Crippen LogP contribution in [0.4, 0.5) is 0 Å². The second kappa shape index (κ2) is 5.80. The van der Waals surface area contributed by atoms with Crippen LogP contribution in [0.2, 0.25) is 0 Å². The molecule has 0 aromatic carbocycles. The Morgan fingerprint density at radius 3 is 3.25 bits per heavy atom. The third-order valence-electron chi connectivity index (χ3n) is 2.53. The number of fused-ring (bicyclic) bond motifs is 1. The average Bonchev–Trinajstić information content (AvgIpc) is 2.84. The summed E-state index contributed by atoms with van der Waals surface area (Å²) in [5, 5.41) is 5.47. The van der Waals surface area contributed by atoms with E-state index >= 15 is 0 Å². The van der Waals surface area contributed by atoms with E-state index < -0.39 is 0 Å². The fraction of sp³-hybridized carbons (Fsp3) is 0.545. The van der Waals surface area contributed by atoms with Crippen LogP contribution in [0.3, 0.4) is 0 Å². The number of nitrogens with zero attached hydrogens (tertiary/aromatic N) is 2. The molecule has 0 bridgehead atoms. The highest BCUT2D eigenvalue weighted by atomic mass is 79.9. The van der Waals surface area contributed by atoms with Gasteiger partial charge < -0.3 is 5.32 Å². The Morgan fingerprint density at radius 2 is 2.50 bits per heavy atom. The minimum absolute atomic E-state index is 0.630. The summed E-state index contributed by atoms with van der Waals surface area (Å²) in [6.45, 7) is 4.09. The van der Waals surface area contributed by atoms with Gasteiger partial charge >= 0.3 is 0 Å². The largest absolute Gasteiger partial charge is 0.311 e. The Balaban J connectivity index is 1.76. The second-order valence-electron chi connectivity index (χ2n) is 3.80. The zero-order valence-electron chi connectivity index (χ0n) is 9.32. The van der Waals surface area contributed by atoms with Gasteiger partial charge in [0.1, 0.15) is 0 Å². The van der Waals surface area contributed by atoms with Crippen LogP contribution in [0.15, 0.2) is 17.8 Å². The molecular formula is C11H16BrN3S. The van der Waals surface area contributed by atoms with Crippen molar-refractivity contribution >= 4 is 32.2 Å². The highest BCUT2D eigenvalue weighted by Crippen LogP contribution is 2.11. The molecule has 2 heterocycles. The number of rotatable bonds is 6. The number of hydrogen-bond donors (Lipinski definition) is 1. The van der Waals surface area contributed by atoms with Gasteiger partial charge in [0.25, 0.3) is 0 Å². The Morgan fingerprint density at radius 1 is 1.62 bits per heavy atom. The fourth-order valence-electron chi connectivity index (χ4n) is 1.54. The lowest BCUT2D eigenvalue weighted by Gasteiger charge is -2.06. The van der Waals surface area contributed by atoms with Crippen LogP contribution < -0.4 is 5.32 Å².